The molecule has 0 spiro atoms. The van der Waals surface area contributed by atoms with Crippen molar-refractivity contribution in [1.82, 2.24) is 0 Å². The average Bonchev–Trinajstić information content (AvgIpc) is 2.24. The minimum atomic E-state index is -0.758. The summed E-state index contributed by atoms with van der Waals surface area (Å²) < 4.78 is 0. The van der Waals surface area contributed by atoms with E-state index in [1.165, 1.54) is 0 Å². The van der Waals surface area contributed by atoms with Gasteiger partial charge in [0.25, 0.3) is 0 Å². The van der Waals surface area contributed by atoms with Gasteiger partial charge in [-0.2, -0.15) is 12.6 Å². The number of aliphatic carboxylic acids is 1. The largest absolute Gasteiger partial charge is 0.481 e. The van der Waals surface area contributed by atoms with Crippen LogP contribution < -0.4 is 0 Å². The van der Waals surface area contributed by atoms with Gasteiger partial charge in [-0.3, -0.25) is 4.79 Å². The van der Waals surface area contributed by atoms with Gasteiger partial charge in [-0.25, -0.2) is 0 Å². The number of hydrogen-bond donors (Lipinski definition) is 2. The highest BCUT2D eigenvalue weighted by Gasteiger charge is 1.98. The van der Waals surface area contributed by atoms with Crippen LogP contribution in [0.4, 0.5) is 0 Å². The molecule has 0 radical (unpaired) electrons. The zero-order valence-corrected chi connectivity index (χ0v) is 9.28. The van der Waals surface area contributed by atoms with Gasteiger partial charge in [0.15, 0.2) is 0 Å². The lowest BCUT2D eigenvalue weighted by molar-refractivity contribution is -0.136. The molecule has 1 aromatic carbocycles. The van der Waals surface area contributed by atoms with Crippen molar-refractivity contribution >= 4 is 24.7 Å². The van der Waals surface area contributed by atoms with Crippen LogP contribution >= 0.6 is 12.6 Å². The number of thiol groups is 1. The first-order chi connectivity index (χ1) is 7.22. The van der Waals surface area contributed by atoms with Crippen LogP contribution in [-0.2, 0) is 11.2 Å². The first kappa shape index (κ1) is 11.9. The van der Waals surface area contributed by atoms with Gasteiger partial charge in [-0.15, -0.1) is 0 Å². The molecule has 0 atom stereocenters. The summed E-state index contributed by atoms with van der Waals surface area (Å²) in [7, 11) is 0. The van der Waals surface area contributed by atoms with E-state index >= 15 is 0 Å². The Morgan fingerprint density at radius 1 is 1.47 bits per heavy atom. The van der Waals surface area contributed by atoms with Crippen molar-refractivity contribution in [3.63, 3.8) is 0 Å². The third-order valence-electron chi connectivity index (χ3n) is 1.99. The first-order valence-electron chi connectivity index (χ1n) is 4.80. The van der Waals surface area contributed by atoms with E-state index in [0.717, 1.165) is 11.1 Å². The van der Waals surface area contributed by atoms with E-state index in [9.17, 15) is 4.79 Å². The number of rotatable bonds is 5. The third kappa shape index (κ3) is 4.70. The lowest BCUT2D eigenvalue weighted by Gasteiger charge is -2.00. The molecule has 2 nitrogen and oxygen atoms in total. The minimum Gasteiger partial charge on any atom is -0.481 e. The summed E-state index contributed by atoms with van der Waals surface area (Å²) in [4.78, 5) is 10.4. The smallest absolute Gasteiger partial charge is 0.303 e. The van der Waals surface area contributed by atoms with Gasteiger partial charge in [-0.05, 0) is 17.5 Å². The topological polar surface area (TPSA) is 37.3 Å². The Bertz CT molecular complexity index is 358. The van der Waals surface area contributed by atoms with Crippen LogP contribution in [0, 0.1) is 0 Å². The maximum Gasteiger partial charge on any atom is 0.303 e. The zero-order chi connectivity index (χ0) is 11.1. The van der Waals surface area contributed by atoms with E-state index in [1.54, 1.807) is 0 Å². The number of carboxylic acid groups (broad SMARTS) is 1. The Hall–Kier alpha value is -1.22. The maximum atomic E-state index is 10.4. The second-order valence-corrected chi connectivity index (χ2v) is 3.59. The van der Waals surface area contributed by atoms with Gasteiger partial charge in [-0.1, -0.05) is 36.4 Å². The number of benzene rings is 1. The Morgan fingerprint density at radius 3 is 2.93 bits per heavy atom. The Kier molecular flexibility index (Phi) is 4.98. The van der Waals surface area contributed by atoms with Gasteiger partial charge in [0.1, 0.15) is 0 Å². The van der Waals surface area contributed by atoms with Crippen molar-refractivity contribution in [2.45, 2.75) is 12.8 Å². The Morgan fingerprint density at radius 2 is 2.27 bits per heavy atom. The van der Waals surface area contributed by atoms with Crippen molar-refractivity contribution in [3.8, 4) is 0 Å². The van der Waals surface area contributed by atoms with E-state index in [-0.39, 0.29) is 6.42 Å². The van der Waals surface area contributed by atoms with Gasteiger partial charge in [0, 0.05) is 12.2 Å². The third-order valence-corrected chi connectivity index (χ3v) is 2.21. The quantitative estimate of drug-likeness (QED) is 0.751. The molecule has 0 aliphatic rings. The average molecular weight is 222 g/mol. The van der Waals surface area contributed by atoms with Crippen LogP contribution in [-0.4, -0.2) is 16.8 Å². The molecule has 80 valence electrons. The highest BCUT2D eigenvalue weighted by atomic mass is 32.1. The molecular formula is C12H14O2S. The molecule has 0 unspecified atom stereocenters. The highest BCUT2D eigenvalue weighted by molar-refractivity contribution is 7.80. The molecule has 0 bridgehead atoms. The molecule has 0 aliphatic heterocycles. The molecule has 0 amide bonds. The number of aryl methyl sites for hydroxylation is 1. The molecule has 0 aliphatic carbocycles. The fourth-order valence-corrected chi connectivity index (χ4v) is 1.40. The molecule has 0 aromatic heterocycles. The van der Waals surface area contributed by atoms with E-state index in [4.69, 9.17) is 5.11 Å². The van der Waals surface area contributed by atoms with E-state index in [2.05, 4.69) is 12.6 Å². The SMILES string of the molecule is O=C(O)CCc1cccc(C=CCS)c1. The van der Waals surface area contributed by atoms with Gasteiger partial charge >= 0.3 is 5.97 Å². The van der Waals surface area contributed by atoms with Crippen LogP contribution in [0.3, 0.4) is 0 Å². The minimum absolute atomic E-state index is 0.180. The normalized spacial score (nSPS) is 10.7. The molecule has 1 rings (SSSR count). The van der Waals surface area contributed by atoms with E-state index in [0.29, 0.717) is 12.2 Å². The molecular weight excluding hydrogens is 208 g/mol. The number of carbonyl (C=O) groups is 1. The van der Waals surface area contributed by atoms with Crippen LogP contribution in [0.5, 0.6) is 0 Å². The molecule has 0 heterocycles. The predicted molar refractivity (Wildman–Crippen MR) is 65.3 cm³/mol. The summed E-state index contributed by atoms with van der Waals surface area (Å²) in [6.07, 6.45) is 4.70. The highest BCUT2D eigenvalue weighted by Crippen LogP contribution is 2.09. The van der Waals surface area contributed by atoms with Crippen molar-refractivity contribution in [2.75, 3.05) is 5.75 Å². The summed E-state index contributed by atoms with van der Waals surface area (Å²) in [5.74, 6) is -0.0504. The summed E-state index contributed by atoms with van der Waals surface area (Å²) in [5, 5.41) is 8.56. The predicted octanol–water partition coefficient (Wildman–Crippen LogP) is 2.65. The summed E-state index contributed by atoms with van der Waals surface area (Å²) >= 11 is 4.08. The summed E-state index contributed by atoms with van der Waals surface area (Å²) in [6, 6.07) is 7.88. The number of carboxylic acids is 1. The second kappa shape index (κ2) is 6.30. The molecule has 0 saturated carbocycles. The Labute approximate surface area is 95.0 Å². The monoisotopic (exact) mass is 222 g/mol. The van der Waals surface area contributed by atoms with Gasteiger partial charge < -0.3 is 5.11 Å². The molecule has 0 saturated heterocycles. The van der Waals surface area contributed by atoms with Crippen LogP contribution in [0.2, 0.25) is 0 Å². The van der Waals surface area contributed by atoms with E-state index < -0.39 is 5.97 Å². The summed E-state index contributed by atoms with van der Waals surface area (Å²) in [6.45, 7) is 0. The van der Waals surface area contributed by atoms with Crippen molar-refractivity contribution in [1.29, 1.82) is 0 Å². The lowest BCUT2D eigenvalue weighted by Crippen LogP contribution is -1.97. The van der Waals surface area contributed by atoms with Gasteiger partial charge in [0.2, 0.25) is 0 Å². The Balaban J connectivity index is 2.65. The van der Waals surface area contributed by atoms with Crippen molar-refractivity contribution < 1.29 is 9.90 Å². The number of hydrogen-bond acceptors (Lipinski definition) is 2. The fourth-order valence-electron chi connectivity index (χ4n) is 1.29. The lowest BCUT2D eigenvalue weighted by atomic mass is 10.1. The van der Waals surface area contributed by atoms with Gasteiger partial charge in [0.05, 0.1) is 0 Å². The zero-order valence-electron chi connectivity index (χ0n) is 8.39. The van der Waals surface area contributed by atoms with E-state index in [1.807, 2.05) is 36.4 Å². The molecule has 15 heavy (non-hydrogen) atoms. The first-order valence-corrected chi connectivity index (χ1v) is 5.44. The van der Waals surface area contributed by atoms with Crippen LogP contribution in [0.1, 0.15) is 17.5 Å². The molecule has 1 aromatic rings. The maximum absolute atomic E-state index is 10.4. The van der Waals surface area contributed by atoms with Crippen molar-refractivity contribution in [3.05, 3.63) is 41.5 Å². The fraction of sp³-hybridized carbons (Fsp3) is 0.250. The molecule has 0 fully saturated rings. The molecule has 1 N–H and O–H groups in total. The summed E-state index contributed by atoms with van der Waals surface area (Å²) in [5.41, 5.74) is 2.14. The molecule has 3 heteroatoms. The standard InChI is InChI=1S/C12H14O2S/c13-12(14)7-6-11-4-1-3-10(9-11)5-2-8-15/h1-5,9,15H,6-8H2,(H,13,14). The second-order valence-electron chi connectivity index (χ2n) is 3.22. The van der Waals surface area contributed by atoms with Crippen molar-refractivity contribution in [2.24, 2.45) is 0 Å². The van der Waals surface area contributed by atoms with Crippen LogP contribution in [0.25, 0.3) is 6.08 Å². The van der Waals surface area contributed by atoms with Crippen LogP contribution in [0.15, 0.2) is 30.3 Å².